The van der Waals surface area contributed by atoms with E-state index in [2.05, 4.69) is 145 Å². The lowest BCUT2D eigenvalue weighted by Crippen LogP contribution is -2.62. The molecule has 5 aliphatic rings. The summed E-state index contributed by atoms with van der Waals surface area (Å²) in [5, 5.41) is 0. The molecule has 0 aromatic carbocycles. The van der Waals surface area contributed by atoms with E-state index in [1.54, 1.807) is 0 Å². The van der Waals surface area contributed by atoms with Crippen LogP contribution in [0.25, 0.3) is 0 Å². The van der Waals surface area contributed by atoms with Crippen LogP contribution >= 0.6 is 0 Å². The molecular weight excluding hydrogens is 553 g/mol. The van der Waals surface area contributed by atoms with Gasteiger partial charge in [0.15, 0.2) is 0 Å². The van der Waals surface area contributed by atoms with E-state index in [0.717, 1.165) is 41.4 Å². The standard InChI is InChI=1S/C46H86/c1-22-30(8)27-36(28(4)5)46-37(41(17,32(10)24-3)38-44(46,20)45(38,46)21)43(19)35(13)42(18,39(14,15)34(12)31(9)23-2)33(11)25-26-40(43,16)29(6)7/h28-38H,22-27H2,1-21H3. The first kappa shape index (κ1) is 38.8. The van der Waals surface area contributed by atoms with Crippen LogP contribution in [0, 0.1) is 108 Å². The summed E-state index contributed by atoms with van der Waals surface area (Å²) in [4.78, 5) is 0. The van der Waals surface area contributed by atoms with E-state index >= 15 is 0 Å². The molecule has 14 atom stereocenters. The van der Waals surface area contributed by atoms with Crippen LogP contribution in [0.15, 0.2) is 0 Å². The molecule has 0 saturated heterocycles. The topological polar surface area (TPSA) is 0 Å². The van der Waals surface area contributed by atoms with Crippen LogP contribution in [0.1, 0.15) is 184 Å². The van der Waals surface area contributed by atoms with Crippen molar-refractivity contribution in [3.05, 3.63) is 0 Å². The minimum Gasteiger partial charge on any atom is -0.0651 e. The zero-order chi connectivity index (χ0) is 35.6. The second-order valence-electron chi connectivity index (χ2n) is 21.6. The van der Waals surface area contributed by atoms with Gasteiger partial charge in [0.25, 0.3) is 0 Å². The normalized spacial score (nSPS) is 50.2. The van der Waals surface area contributed by atoms with Gasteiger partial charge in [0.2, 0.25) is 0 Å². The summed E-state index contributed by atoms with van der Waals surface area (Å²) in [6.07, 6.45) is 8.10. The molecule has 270 valence electrons. The maximum Gasteiger partial charge on any atom is -0.0103 e. The van der Waals surface area contributed by atoms with Gasteiger partial charge in [0.1, 0.15) is 0 Å². The zero-order valence-electron chi connectivity index (χ0n) is 35.6. The van der Waals surface area contributed by atoms with Crippen LogP contribution in [0.3, 0.4) is 0 Å². The van der Waals surface area contributed by atoms with Crippen molar-refractivity contribution in [2.24, 2.45) is 108 Å². The zero-order valence-corrected chi connectivity index (χ0v) is 35.6. The van der Waals surface area contributed by atoms with E-state index in [0.29, 0.717) is 50.7 Å². The summed E-state index contributed by atoms with van der Waals surface area (Å²) in [6, 6.07) is 0. The third kappa shape index (κ3) is 3.98. The van der Waals surface area contributed by atoms with E-state index in [1.807, 2.05) is 0 Å². The van der Waals surface area contributed by atoms with Crippen LogP contribution in [-0.2, 0) is 0 Å². The maximum absolute atomic E-state index is 2.96. The van der Waals surface area contributed by atoms with E-state index in [9.17, 15) is 0 Å². The lowest BCUT2D eigenvalue weighted by Gasteiger charge is -2.67. The smallest absolute Gasteiger partial charge is 0.0103 e. The number of rotatable bonds is 13. The minimum absolute atomic E-state index is 0.234. The first-order valence-corrected chi connectivity index (χ1v) is 20.9. The molecule has 46 heavy (non-hydrogen) atoms. The Hall–Kier alpha value is 0. The first-order chi connectivity index (χ1) is 20.9. The van der Waals surface area contributed by atoms with Crippen molar-refractivity contribution in [1.29, 1.82) is 0 Å². The molecule has 0 amide bonds. The summed E-state index contributed by atoms with van der Waals surface area (Å²) < 4.78 is 0. The van der Waals surface area contributed by atoms with Crippen molar-refractivity contribution >= 4 is 0 Å². The molecule has 5 aliphatic carbocycles. The van der Waals surface area contributed by atoms with Gasteiger partial charge in [-0.05, 0) is 128 Å². The van der Waals surface area contributed by atoms with Crippen molar-refractivity contribution in [3.63, 3.8) is 0 Å². The Bertz CT molecular complexity index is 1100. The average Bonchev–Trinajstić information content (AvgIpc) is 3.59. The Morgan fingerprint density at radius 1 is 0.717 bits per heavy atom. The highest BCUT2D eigenvalue weighted by Crippen LogP contribution is 3.14. The van der Waals surface area contributed by atoms with Gasteiger partial charge < -0.3 is 0 Å². The number of hydrogen-bond acceptors (Lipinski definition) is 0. The summed E-state index contributed by atoms with van der Waals surface area (Å²) in [5.41, 5.74) is 2.85. The van der Waals surface area contributed by atoms with Crippen LogP contribution < -0.4 is 0 Å². The van der Waals surface area contributed by atoms with Crippen molar-refractivity contribution in [2.45, 2.75) is 184 Å². The predicted octanol–water partition coefficient (Wildman–Crippen LogP) is 14.5. The van der Waals surface area contributed by atoms with E-state index < -0.39 is 0 Å². The van der Waals surface area contributed by atoms with Crippen molar-refractivity contribution in [2.75, 3.05) is 0 Å². The largest absolute Gasteiger partial charge is 0.0651 e. The summed E-state index contributed by atoms with van der Waals surface area (Å²) in [7, 11) is 0. The maximum atomic E-state index is 2.96. The Kier molecular flexibility index (Phi) is 9.71. The fraction of sp³-hybridized carbons (Fsp3) is 1.00. The van der Waals surface area contributed by atoms with Crippen LogP contribution in [0.5, 0.6) is 0 Å². The van der Waals surface area contributed by atoms with Crippen molar-refractivity contribution in [1.82, 2.24) is 0 Å². The predicted molar refractivity (Wildman–Crippen MR) is 205 cm³/mol. The lowest BCUT2D eigenvalue weighted by molar-refractivity contribution is -0.196. The highest BCUT2D eigenvalue weighted by molar-refractivity contribution is 5.57. The fourth-order valence-corrected chi connectivity index (χ4v) is 16.3. The second-order valence-corrected chi connectivity index (χ2v) is 21.6. The van der Waals surface area contributed by atoms with Gasteiger partial charge in [-0.25, -0.2) is 0 Å². The third-order valence-corrected chi connectivity index (χ3v) is 21.0. The number of hydrogen-bond donors (Lipinski definition) is 0. The molecule has 5 saturated carbocycles. The molecule has 0 heteroatoms. The lowest BCUT2D eigenvalue weighted by atomic mass is 9.37. The Morgan fingerprint density at radius 3 is 1.65 bits per heavy atom. The monoisotopic (exact) mass is 639 g/mol. The fourth-order valence-electron chi connectivity index (χ4n) is 16.3. The molecule has 0 nitrogen and oxygen atoms in total. The molecule has 0 spiro atoms. The van der Waals surface area contributed by atoms with Gasteiger partial charge in [-0.2, -0.15) is 0 Å². The van der Waals surface area contributed by atoms with Crippen LogP contribution in [0.4, 0.5) is 0 Å². The first-order valence-electron chi connectivity index (χ1n) is 20.9. The molecular formula is C46H86. The van der Waals surface area contributed by atoms with Crippen LogP contribution in [0.2, 0.25) is 0 Å². The summed E-state index contributed by atoms with van der Waals surface area (Å²) in [5.74, 6) is 8.20. The average molecular weight is 639 g/mol. The molecule has 0 heterocycles. The summed E-state index contributed by atoms with van der Waals surface area (Å²) >= 11 is 0. The second kappa shape index (κ2) is 11.5. The SMILES string of the molecule is CCC(C)CC(C(C)C)C12C(C3(C)C(C)C(C)(C(C)(C)C(C)C(C)CC)C(C)CCC3(C)C(C)C)C(C)(C(C)CC)C3C1(C)C32C. The molecule has 5 fully saturated rings. The molecule has 0 aromatic heterocycles. The Morgan fingerprint density at radius 2 is 1.24 bits per heavy atom. The Labute approximate surface area is 291 Å². The Balaban J connectivity index is 2.12. The minimum atomic E-state index is 0.234. The van der Waals surface area contributed by atoms with Gasteiger partial charge >= 0.3 is 0 Å². The molecule has 14 unspecified atom stereocenters. The molecule has 0 aliphatic heterocycles. The highest BCUT2D eigenvalue weighted by Gasteiger charge is 3.11. The van der Waals surface area contributed by atoms with Gasteiger partial charge in [0, 0.05) is 0 Å². The molecule has 0 aromatic rings. The van der Waals surface area contributed by atoms with Crippen molar-refractivity contribution < 1.29 is 0 Å². The van der Waals surface area contributed by atoms with Crippen molar-refractivity contribution in [3.8, 4) is 0 Å². The van der Waals surface area contributed by atoms with Gasteiger partial charge in [0.05, 0.1) is 0 Å². The van der Waals surface area contributed by atoms with Gasteiger partial charge in [-0.1, -0.05) is 165 Å². The van der Waals surface area contributed by atoms with E-state index in [-0.39, 0.29) is 16.2 Å². The highest BCUT2D eigenvalue weighted by atomic mass is 15.1. The molecule has 0 N–H and O–H groups in total. The summed E-state index contributed by atoms with van der Waals surface area (Å²) in [6.45, 7) is 56.5. The van der Waals surface area contributed by atoms with E-state index in [4.69, 9.17) is 0 Å². The van der Waals surface area contributed by atoms with Crippen LogP contribution in [-0.4, -0.2) is 0 Å². The van der Waals surface area contributed by atoms with E-state index in [1.165, 1.54) is 38.5 Å². The molecule has 2 bridgehead atoms. The molecule has 0 radical (unpaired) electrons. The third-order valence-electron chi connectivity index (χ3n) is 21.0. The molecule has 5 rings (SSSR count). The van der Waals surface area contributed by atoms with Gasteiger partial charge in [-0.15, -0.1) is 0 Å². The number of fused-ring (bicyclic) bond motifs is 1. The quantitative estimate of drug-likeness (QED) is 0.176. The van der Waals surface area contributed by atoms with Gasteiger partial charge in [-0.3, -0.25) is 0 Å².